The van der Waals surface area contributed by atoms with Crippen molar-refractivity contribution in [3.8, 4) is 5.82 Å². The summed E-state index contributed by atoms with van der Waals surface area (Å²) in [7, 11) is 1.69. The zero-order valence-corrected chi connectivity index (χ0v) is 17.0. The Hall–Kier alpha value is -3.52. The average molecular weight is 425 g/mol. The molecular formula is C21H18ClFN6O. The summed E-state index contributed by atoms with van der Waals surface area (Å²) in [4.78, 5) is 18.9. The summed E-state index contributed by atoms with van der Waals surface area (Å²) >= 11 is 5.80. The van der Waals surface area contributed by atoms with E-state index in [1.54, 1.807) is 35.2 Å². The van der Waals surface area contributed by atoms with Crippen LogP contribution in [0.3, 0.4) is 0 Å². The number of hydrogen-bond donors (Lipinski definition) is 1. The number of benzene rings is 2. The summed E-state index contributed by atoms with van der Waals surface area (Å²) in [6, 6.07) is 11.2. The zero-order chi connectivity index (χ0) is 21.3. The molecule has 1 atom stereocenters. The second-order valence-electron chi connectivity index (χ2n) is 6.78. The van der Waals surface area contributed by atoms with Crippen LogP contribution < -0.4 is 5.32 Å². The molecule has 1 unspecified atom stereocenters. The number of carbonyl (C=O) groups excluding carboxylic acids is 1. The summed E-state index contributed by atoms with van der Waals surface area (Å²) in [5.74, 6) is 0.119. The topological polar surface area (TPSA) is 75.9 Å². The van der Waals surface area contributed by atoms with Gasteiger partial charge in [-0.25, -0.2) is 18.9 Å². The smallest absolute Gasteiger partial charge is 0.321 e. The van der Waals surface area contributed by atoms with Crippen LogP contribution in [0.2, 0.25) is 5.02 Å². The number of urea groups is 1. The summed E-state index contributed by atoms with van der Waals surface area (Å²) in [6.07, 6.45) is 5.06. The fourth-order valence-electron chi connectivity index (χ4n) is 3.21. The Balaban J connectivity index is 1.64. The minimum Gasteiger partial charge on any atom is -0.321 e. The lowest BCUT2D eigenvalue weighted by Gasteiger charge is -2.26. The number of carbonyl (C=O) groups is 1. The molecule has 2 aromatic carbocycles. The first-order chi connectivity index (χ1) is 14.5. The van der Waals surface area contributed by atoms with Gasteiger partial charge in [0.15, 0.2) is 5.82 Å². The minimum absolute atomic E-state index is 0.0533. The predicted molar refractivity (Wildman–Crippen MR) is 113 cm³/mol. The lowest BCUT2D eigenvalue weighted by atomic mass is 10.0. The van der Waals surface area contributed by atoms with Crippen molar-refractivity contribution in [3.63, 3.8) is 0 Å². The van der Waals surface area contributed by atoms with Crippen LogP contribution >= 0.6 is 11.6 Å². The third-order valence-corrected chi connectivity index (χ3v) is 5.26. The van der Waals surface area contributed by atoms with E-state index in [-0.39, 0.29) is 17.1 Å². The number of amides is 2. The molecule has 0 fully saturated rings. The van der Waals surface area contributed by atoms with Crippen LogP contribution in [0, 0.1) is 5.82 Å². The molecule has 2 aromatic heterocycles. The van der Waals surface area contributed by atoms with Gasteiger partial charge in [-0.3, -0.25) is 0 Å². The van der Waals surface area contributed by atoms with E-state index in [9.17, 15) is 9.18 Å². The standard InChI is InChI=1S/C21H18ClFN6O/c1-13(28(2)21(30)26-14-7-8-19(23)18(22)11-14)17-12-24-20(29-10-9-25-27-29)16-6-4-3-5-15(16)17/h3-13H,1-2H3,(H,26,30). The molecule has 9 heteroatoms. The lowest BCUT2D eigenvalue weighted by Crippen LogP contribution is -2.33. The molecule has 152 valence electrons. The quantitative estimate of drug-likeness (QED) is 0.509. The fraction of sp³-hybridized carbons (Fsp3) is 0.143. The molecule has 2 amide bonds. The van der Waals surface area contributed by atoms with Crippen LogP contribution in [0.4, 0.5) is 14.9 Å². The molecule has 0 saturated heterocycles. The van der Waals surface area contributed by atoms with Crippen LogP contribution in [0.5, 0.6) is 0 Å². The van der Waals surface area contributed by atoms with Crippen molar-refractivity contribution < 1.29 is 9.18 Å². The van der Waals surface area contributed by atoms with Gasteiger partial charge >= 0.3 is 6.03 Å². The minimum atomic E-state index is -0.540. The number of hydrogen-bond acceptors (Lipinski definition) is 4. The molecule has 0 saturated carbocycles. The van der Waals surface area contributed by atoms with Crippen LogP contribution in [0.15, 0.2) is 61.1 Å². The molecule has 4 aromatic rings. The first kappa shape index (κ1) is 19.8. The van der Waals surface area contributed by atoms with Gasteiger partial charge in [-0.1, -0.05) is 41.1 Å². The Labute approximate surface area is 177 Å². The molecule has 1 N–H and O–H groups in total. The molecule has 2 heterocycles. The second kappa shape index (κ2) is 8.08. The van der Waals surface area contributed by atoms with Gasteiger partial charge < -0.3 is 10.2 Å². The van der Waals surface area contributed by atoms with Crippen molar-refractivity contribution in [2.24, 2.45) is 0 Å². The van der Waals surface area contributed by atoms with Crippen LogP contribution in [-0.4, -0.2) is 38.0 Å². The highest BCUT2D eigenvalue weighted by molar-refractivity contribution is 6.31. The van der Waals surface area contributed by atoms with Crippen molar-refractivity contribution in [3.05, 3.63) is 77.5 Å². The first-order valence-electron chi connectivity index (χ1n) is 9.19. The van der Waals surface area contributed by atoms with Gasteiger partial charge in [0.2, 0.25) is 0 Å². The number of aromatic nitrogens is 4. The van der Waals surface area contributed by atoms with Gasteiger partial charge in [-0.15, -0.1) is 5.10 Å². The average Bonchev–Trinajstić information content (AvgIpc) is 3.29. The van der Waals surface area contributed by atoms with Crippen LogP contribution in [-0.2, 0) is 0 Å². The predicted octanol–water partition coefficient (Wildman–Crippen LogP) is 4.83. The summed E-state index contributed by atoms with van der Waals surface area (Å²) < 4.78 is 15.0. The Bertz CT molecular complexity index is 1210. The highest BCUT2D eigenvalue weighted by Crippen LogP contribution is 2.30. The van der Waals surface area contributed by atoms with Gasteiger partial charge in [0.05, 0.1) is 23.5 Å². The van der Waals surface area contributed by atoms with Crippen molar-refractivity contribution in [2.45, 2.75) is 13.0 Å². The van der Waals surface area contributed by atoms with Crippen molar-refractivity contribution >= 4 is 34.1 Å². The molecule has 0 bridgehead atoms. The van der Waals surface area contributed by atoms with Gasteiger partial charge in [-0.2, -0.15) is 0 Å². The lowest BCUT2D eigenvalue weighted by molar-refractivity contribution is 0.208. The van der Waals surface area contributed by atoms with E-state index in [1.807, 2.05) is 31.2 Å². The first-order valence-corrected chi connectivity index (χ1v) is 9.56. The Morgan fingerprint density at radius 1 is 1.23 bits per heavy atom. The summed E-state index contributed by atoms with van der Waals surface area (Å²) in [5.41, 5.74) is 1.29. The van der Waals surface area contributed by atoms with E-state index >= 15 is 0 Å². The van der Waals surface area contributed by atoms with E-state index in [2.05, 4.69) is 20.6 Å². The number of nitrogens with one attached hydrogen (secondary N) is 1. The van der Waals surface area contributed by atoms with Gasteiger partial charge in [0.25, 0.3) is 0 Å². The molecule has 30 heavy (non-hydrogen) atoms. The molecule has 0 radical (unpaired) electrons. The molecule has 4 rings (SSSR count). The van der Waals surface area contributed by atoms with Crippen LogP contribution in [0.1, 0.15) is 18.5 Å². The third kappa shape index (κ3) is 3.69. The molecule has 0 aliphatic heterocycles. The molecular weight excluding hydrogens is 407 g/mol. The van der Waals surface area contributed by atoms with E-state index in [4.69, 9.17) is 11.6 Å². The molecule has 0 aliphatic rings. The maximum Gasteiger partial charge on any atom is 0.322 e. The highest BCUT2D eigenvalue weighted by Gasteiger charge is 2.21. The largest absolute Gasteiger partial charge is 0.322 e. The fourth-order valence-corrected chi connectivity index (χ4v) is 3.39. The maximum atomic E-state index is 13.4. The normalized spacial score (nSPS) is 12.0. The number of fused-ring (bicyclic) bond motifs is 1. The summed E-state index contributed by atoms with van der Waals surface area (Å²) in [5, 5.41) is 12.4. The second-order valence-corrected chi connectivity index (χ2v) is 7.18. The van der Waals surface area contributed by atoms with Crippen LogP contribution in [0.25, 0.3) is 16.6 Å². The molecule has 7 nitrogen and oxygen atoms in total. The highest BCUT2D eigenvalue weighted by atomic mass is 35.5. The van der Waals surface area contributed by atoms with Crippen molar-refractivity contribution in [1.29, 1.82) is 0 Å². The summed E-state index contributed by atoms with van der Waals surface area (Å²) in [6.45, 7) is 1.91. The van der Waals surface area contributed by atoms with E-state index in [0.29, 0.717) is 11.5 Å². The van der Waals surface area contributed by atoms with E-state index in [0.717, 1.165) is 16.3 Å². The van der Waals surface area contributed by atoms with Gasteiger partial charge in [-0.05, 0) is 30.5 Å². The van der Waals surface area contributed by atoms with Gasteiger partial charge in [0.1, 0.15) is 5.82 Å². The number of rotatable bonds is 4. The Morgan fingerprint density at radius 3 is 2.70 bits per heavy atom. The Morgan fingerprint density at radius 2 is 2.00 bits per heavy atom. The number of anilines is 1. The Kier molecular flexibility index (Phi) is 5.33. The van der Waals surface area contributed by atoms with Crippen molar-refractivity contribution in [1.82, 2.24) is 24.9 Å². The number of halogens is 2. The zero-order valence-electron chi connectivity index (χ0n) is 16.3. The number of pyridine rings is 1. The van der Waals surface area contributed by atoms with E-state index < -0.39 is 5.82 Å². The monoisotopic (exact) mass is 424 g/mol. The molecule has 0 aliphatic carbocycles. The number of nitrogens with zero attached hydrogens (tertiary/aromatic N) is 5. The van der Waals surface area contributed by atoms with Gasteiger partial charge in [0, 0.05) is 29.9 Å². The van der Waals surface area contributed by atoms with E-state index in [1.165, 1.54) is 18.2 Å². The van der Waals surface area contributed by atoms with Crippen molar-refractivity contribution in [2.75, 3.05) is 12.4 Å². The maximum absolute atomic E-state index is 13.4. The SMILES string of the molecule is CC(c1cnc(-n2ccnn2)c2ccccc12)N(C)C(=O)Nc1ccc(F)c(Cl)c1. The third-order valence-electron chi connectivity index (χ3n) is 4.97. The molecule has 0 spiro atoms.